The zero-order valence-corrected chi connectivity index (χ0v) is 25.5. The molecule has 6 aliphatic rings. The first-order valence-corrected chi connectivity index (χ1v) is 17.1. The monoisotopic (exact) mass is 650 g/mol. The van der Waals surface area contributed by atoms with Crippen LogP contribution in [0.5, 0.6) is 0 Å². The van der Waals surface area contributed by atoms with Gasteiger partial charge in [0.05, 0.1) is 35.4 Å². The lowest BCUT2D eigenvalue weighted by Gasteiger charge is -2.57. The van der Waals surface area contributed by atoms with E-state index in [0.29, 0.717) is 24.8 Å². The summed E-state index contributed by atoms with van der Waals surface area (Å²) in [5, 5.41) is 15.6. The van der Waals surface area contributed by atoms with E-state index >= 15 is 0 Å². The summed E-state index contributed by atoms with van der Waals surface area (Å²) in [5.74, 6) is -0.0806. The number of nitrogens with zero attached hydrogens (tertiary/aromatic N) is 5. The van der Waals surface area contributed by atoms with E-state index in [4.69, 9.17) is 4.84 Å². The molecule has 2 aromatic rings. The van der Waals surface area contributed by atoms with E-state index in [1.54, 1.807) is 11.3 Å². The molecule has 2 N–H and O–H groups in total. The Kier molecular flexibility index (Phi) is 7.55. The highest BCUT2D eigenvalue weighted by atomic mass is 32.2. The van der Waals surface area contributed by atoms with Gasteiger partial charge in [0.25, 0.3) is 0 Å². The molecule has 45 heavy (non-hydrogen) atoms. The number of anilines is 4. The van der Waals surface area contributed by atoms with Crippen LogP contribution in [0.3, 0.4) is 0 Å². The van der Waals surface area contributed by atoms with Crippen molar-refractivity contribution in [2.75, 3.05) is 59.9 Å². The summed E-state index contributed by atoms with van der Waals surface area (Å²) >= 11 is 0. The van der Waals surface area contributed by atoms with Gasteiger partial charge in [-0.3, -0.25) is 0 Å². The first kappa shape index (κ1) is 30.4. The summed E-state index contributed by atoms with van der Waals surface area (Å²) in [6, 6.07) is 11.3. The molecule has 0 radical (unpaired) electrons. The van der Waals surface area contributed by atoms with Crippen LogP contribution in [0.4, 0.5) is 40.8 Å². The normalized spacial score (nSPS) is 29.9. The molecule has 8 rings (SSSR count). The molecule has 1 aromatic carbocycles. The second kappa shape index (κ2) is 11.2. The van der Waals surface area contributed by atoms with Crippen molar-refractivity contribution in [1.29, 1.82) is 0 Å². The second-order valence-electron chi connectivity index (χ2n) is 13.1. The first-order valence-electron chi connectivity index (χ1n) is 15.5. The van der Waals surface area contributed by atoms with Crippen LogP contribution in [0.25, 0.3) is 0 Å². The molecule has 5 fully saturated rings. The van der Waals surface area contributed by atoms with E-state index in [2.05, 4.69) is 10.3 Å². The maximum atomic E-state index is 13.1. The summed E-state index contributed by atoms with van der Waals surface area (Å²) in [7, 11) is -4.41. The van der Waals surface area contributed by atoms with Crippen LogP contribution < -0.4 is 20.2 Å². The molecule has 1 saturated heterocycles. The Balaban J connectivity index is 0.979. The SMILES string of the molecule is O=C(NC1[C@@H]2CC3C[C@H]1CC(O)(C3)C2)ON1CCN(c2ccc(N3CCN(S(=O)(=O)CC(F)(F)F)CC3)cn2)c2ccccc21. The molecule has 11 nitrogen and oxygen atoms in total. The number of carbonyl (C=O) groups excluding carboxylic acids is 1. The molecule has 4 saturated carbocycles. The number of alkyl halides is 3. The maximum Gasteiger partial charge on any atom is 0.431 e. The van der Waals surface area contributed by atoms with Gasteiger partial charge in [0.1, 0.15) is 5.82 Å². The van der Waals surface area contributed by atoms with E-state index in [1.165, 1.54) is 0 Å². The number of halogens is 3. The summed E-state index contributed by atoms with van der Waals surface area (Å²) in [6.07, 6.45) is 0.836. The summed E-state index contributed by atoms with van der Waals surface area (Å²) in [4.78, 5) is 27.5. The summed E-state index contributed by atoms with van der Waals surface area (Å²) in [6.45, 7) is 1.34. The molecule has 4 bridgehead atoms. The Morgan fingerprint density at radius 2 is 1.67 bits per heavy atom. The van der Waals surface area contributed by atoms with Gasteiger partial charge in [-0.05, 0) is 74.1 Å². The fourth-order valence-corrected chi connectivity index (χ4v) is 9.71. The number of para-hydroxylation sites is 2. The molecule has 3 heterocycles. The number of benzene rings is 1. The fraction of sp³-hybridized carbons (Fsp3) is 0.600. The Hall–Kier alpha value is -3.30. The lowest BCUT2D eigenvalue weighted by molar-refractivity contribution is -0.137. The van der Waals surface area contributed by atoms with Crippen molar-refractivity contribution >= 4 is 39.0 Å². The van der Waals surface area contributed by atoms with Gasteiger partial charge in [-0.25, -0.2) is 23.3 Å². The molecule has 15 heteroatoms. The molecular weight excluding hydrogens is 613 g/mol. The number of aromatic nitrogens is 1. The van der Waals surface area contributed by atoms with E-state index in [0.717, 1.165) is 53.5 Å². The van der Waals surface area contributed by atoms with E-state index in [1.807, 2.05) is 46.2 Å². The second-order valence-corrected chi connectivity index (χ2v) is 15.1. The number of nitrogens with one attached hydrogen (secondary N) is 1. The van der Waals surface area contributed by atoms with Gasteiger partial charge >= 0.3 is 12.3 Å². The molecule has 4 aliphatic carbocycles. The standard InChI is InChI=1S/C30H37F3N6O5S/c31-30(32,33)19-45(42,43)37-9-7-36(8-10-37)23-5-6-26(34-18-23)38-11-12-39(25-4-2-1-3-24(25)38)44-28(40)35-27-21-13-20-14-22(27)17-29(41,15-20)16-21/h1-6,18,20-22,27,41H,7-17,19H2,(H,35,40)/t20?,21-,22+,27?,29?. The van der Waals surface area contributed by atoms with Crippen molar-refractivity contribution in [3.63, 3.8) is 0 Å². The summed E-state index contributed by atoms with van der Waals surface area (Å²) in [5.41, 5.74) is 1.71. The predicted octanol–water partition coefficient (Wildman–Crippen LogP) is 3.63. The van der Waals surface area contributed by atoms with Crippen molar-refractivity contribution in [3.05, 3.63) is 42.6 Å². The van der Waals surface area contributed by atoms with E-state index < -0.39 is 33.6 Å². The topological polar surface area (TPSA) is 119 Å². The number of sulfonamides is 1. The molecular formula is C30H37F3N6O5S. The lowest BCUT2D eigenvalue weighted by atomic mass is 9.52. The highest BCUT2D eigenvalue weighted by Crippen LogP contribution is 2.55. The van der Waals surface area contributed by atoms with Crippen molar-refractivity contribution in [2.45, 2.75) is 49.9 Å². The molecule has 3 unspecified atom stereocenters. The van der Waals surface area contributed by atoms with Crippen LogP contribution in [-0.4, -0.2) is 91.7 Å². The first-order chi connectivity index (χ1) is 21.4. The minimum atomic E-state index is -4.78. The largest absolute Gasteiger partial charge is 0.431 e. The predicted molar refractivity (Wildman–Crippen MR) is 161 cm³/mol. The van der Waals surface area contributed by atoms with Gasteiger partial charge in [0.15, 0.2) is 5.75 Å². The van der Waals surface area contributed by atoms with Gasteiger partial charge in [0.2, 0.25) is 10.0 Å². The quantitative estimate of drug-likeness (QED) is 0.483. The third-order valence-electron chi connectivity index (χ3n) is 10.0. The third kappa shape index (κ3) is 6.13. The smallest absolute Gasteiger partial charge is 0.390 e. The van der Waals surface area contributed by atoms with Gasteiger partial charge in [0, 0.05) is 38.8 Å². The third-order valence-corrected chi connectivity index (χ3v) is 11.9. The number of amides is 1. The summed E-state index contributed by atoms with van der Waals surface area (Å²) < 4.78 is 63.2. The number of hydrogen-bond acceptors (Lipinski definition) is 9. The number of aliphatic hydroxyl groups is 1. The van der Waals surface area contributed by atoms with Crippen LogP contribution in [0.15, 0.2) is 42.6 Å². The van der Waals surface area contributed by atoms with Crippen LogP contribution in [0.1, 0.15) is 32.1 Å². The molecule has 1 amide bonds. The van der Waals surface area contributed by atoms with Crippen molar-refractivity contribution < 1.29 is 36.3 Å². The number of hydrogen-bond donors (Lipinski definition) is 2. The van der Waals surface area contributed by atoms with Crippen molar-refractivity contribution in [1.82, 2.24) is 14.6 Å². The number of fused-ring (bicyclic) bond motifs is 1. The Labute approximate surface area is 259 Å². The van der Waals surface area contributed by atoms with Gasteiger partial charge in [-0.1, -0.05) is 12.1 Å². The van der Waals surface area contributed by atoms with Crippen LogP contribution in [-0.2, 0) is 14.9 Å². The lowest BCUT2D eigenvalue weighted by Crippen LogP contribution is -2.62. The van der Waals surface area contributed by atoms with Gasteiger partial charge in [-0.15, -0.1) is 0 Å². The molecule has 5 atom stereocenters. The molecule has 1 aromatic heterocycles. The zero-order valence-electron chi connectivity index (χ0n) is 24.7. The van der Waals surface area contributed by atoms with Crippen molar-refractivity contribution in [3.8, 4) is 0 Å². The minimum absolute atomic E-state index is 0.0147. The van der Waals surface area contributed by atoms with Gasteiger partial charge in [-0.2, -0.15) is 17.5 Å². The number of piperazine rings is 1. The van der Waals surface area contributed by atoms with Crippen LogP contribution in [0.2, 0.25) is 0 Å². The number of carbonyl (C=O) groups is 1. The number of hydroxylamine groups is 1. The van der Waals surface area contributed by atoms with Gasteiger partial charge < -0.3 is 25.1 Å². The average molecular weight is 651 g/mol. The van der Waals surface area contributed by atoms with E-state index in [-0.39, 0.29) is 44.1 Å². The van der Waals surface area contributed by atoms with Crippen LogP contribution >= 0.6 is 0 Å². The number of rotatable bonds is 6. The van der Waals surface area contributed by atoms with Crippen LogP contribution in [0, 0.1) is 17.8 Å². The maximum absolute atomic E-state index is 13.1. The number of pyridine rings is 1. The highest BCUT2D eigenvalue weighted by molar-refractivity contribution is 7.89. The average Bonchev–Trinajstić information content (AvgIpc) is 2.97. The highest BCUT2D eigenvalue weighted by Gasteiger charge is 2.55. The Morgan fingerprint density at radius 3 is 2.29 bits per heavy atom. The zero-order chi connectivity index (χ0) is 31.6. The van der Waals surface area contributed by atoms with Crippen molar-refractivity contribution in [2.24, 2.45) is 17.8 Å². The molecule has 2 aliphatic heterocycles. The van der Waals surface area contributed by atoms with E-state index in [9.17, 15) is 31.5 Å². The Bertz CT molecular complexity index is 1520. The molecule has 0 spiro atoms. The minimum Gasteiger partial charge on any atom is -0.390 e. The Morgan fingerprint density at radius 1 is 0.978 bits per heavy atom. The fourth-order valence-electron chi connectivity index (χ4n) is 8.39. The molecule has 244 valence electrons.